The minimum Gasteiger partial charge on any atom is -0.504 e. The molecule has 0 bridgehead atoms. The van der Waals surface area contributed by atoms with Crippen LogP contribution in [0.3, 0.4) is 0 Å². The van der Waals surface area contributed by atoms with Crippen LogP contribution >= 0.6 is 0 Å². The molecule has 108 valence electrons. The number of aromatic hydroxyl groups is 1. The SMILES string of the molecule is COc1cc(C=CC(=O)CCc2ccccc2)ccc1O. The number of aryl methyl sites for hydroxylation is 1. The number of ketones is 1. The molecule has 0 unspecified atom stereocenters. The summed E-state index contributed by atoms with van der Waals surface area (Å²) < 4.78 is 5.03. The van der Waals surface area contributed by atoms with Gasteiger partial charge in [-0.25, -0.2) is 0 Å². The monoisotopic (exact) mass is 282 g/mol. The summed E-state index contributed by atoms with van der Waals surface area (Å²) in [5, 5.41) is 9.51. The van der Waals surface area contributed by atoms with Crippen LogP contribution in [0, 0.1) is 0 Å². The maximum atomic E-state index is 11.8. The molecule has 0 spiro atoms. The number of rotatable bonds is 6. The molecule has 0 saturated heterocycles. The lowest BCUT2D eigenvalue weighted by Gasteiger charge is -2.03. The Morgan fingerprint density at radius 1 is 1.19 bits per heavy atom. The summed E-state index contributed by atoms with van der Waals surface area (Å²) in [5.74, 6) is 0.560. The molecular formula is C18H18O3. The van der Waals surface area contributed by atoms with Crippen LogP contribution in [0.5, 0.6) is 11.5 Å². The van der Waals surface area contributed by atoms with Gasteiger partial charge in [0, 0.05) is 6.42 Å². The zero-order valence-corrected chi connectivity index (χ0v) is 12.0. The zero-order chi connectivity index (χ0) is 15.1. The first-order chi connectivity index (χ1) is 10.2. The van der Waals surface area contributed by atoms with Crippen molar-refractivity contribution in [2.24, 2.45) is 0 Å². The fourth-order valence-electron chi connectivity index (χ4n) is 1.98. The van der Waals surface area contributed by atoms with Crippen molar-refractivity contribution in [2.75, 3.05) is 7.11 Å². The quantitative estimate of drug-likeness (QED) is 0.823. The van der Waals surface area contributed by atoms with Gasteiger partial charge in [0.1, 0.15) is 0 Å². The lowest BCUT2D eigenvalue weighted by Crippen LogP contribution is -1.95. The largest absolute Gasteiger partial charge is 0.504 e. The van der Waals surface area contributed by atoms with Gasteiger partial charge >= 0.3 is 0 Å². The van der Waals surface area contributed by atoms with Crippen molar-refractivity contribution in [1.82, 2.24) is 0 Å². The van der Waals surface area contributed by atoms with Crippen LogP contribution in [0.4, 0.5) is 0 Å². The minimum absolute atomic E-state index is 0.0749. The second-order valence-corrected chi connectivity index (χ2v) is 4.72. The second-order valence-electron chi connectivity index (χ2n) is 4.72. The van der Waals surface area contributed by atoms with Gasteiger partial charge in [0.25, 0.3) is 0 Å². The molecule has 0 aromatic heterocycles. The lowest BCUT2D eigenvalue weighted by atomic mass is 10.1. The molecule has 21 heavy (non-hydrogen) atoms. The highest BCUT2D eigenvalue weighted by atomic mass is 16.5. The number of allylic oxidation sites excluding steroid dienone is 1. The summed E-state index contributed by atoms with van der Waals surface area (Å²) >= 11 is 0. The number of phenols is 1. The van der Waals surface area contributed by atoms with Crippen LogP contribution in [0.1, 0.15) is 17.5 Å². The van der Waals surface area contributed by atoms with Crippen molar-refractivity contribution in [2.45, 2.75) is 12.8 Å². The van der Waals surface area contributed by atoms with Gasteiger partial charge in [-0.05, 0) is 35.8 Å². The van der Waals surface area contributed by atoms with Crippen LogP contribution in [-0.2, 0) is 11.2 Å². The van der Waals surface area contributed by atoms with E-state index in [4.69, 9.17) is 4.74 Å². The summed E-state index contributed by atoms with van der Waals surface area (Å²) in [7, 11) is 1.49. The van der Waals surface area contributed by atoms with Gasteiger partial charge in [0.15, 0.2) is 17.3 Å². The van der Waals surface area contributed by atoms with E-state index >= 15 is 0 Å². The molecule has 2 rings (SSSR count). The van der Waals surface area contributed by atoms with Gasteiger partial charge < -0.3 is 9.84 Å². The first-order valence-corrected chi connectivity index (χ1v) is 6.81. The number of phenolic OH excluding ortho intramolecular Hbond substituents is 1. The van der Waals surface area contributed by atoms with Crippen molar-refractivity contribution >= 4 is 11.9 Å². The summed E-state index contributed by atoms with van der Waals surface area (Å²) in [6.45, 7) is 0. The third-order valence-electron chi connectivity index (χ3n) is 3.17. The smallest absolute Gasteiger partial charge is 0.161 e. The average molecular weight is 282 g/mol. The van der Waals surface area contributed by atoms with Crippen molar-refractivity contribution in [3.8, 4) is 11.5 Å². The Bertz CT molecular complexity index is 630. The Hall–Kier alpha value is -2.55. The van der Waals surface area contributed by atoms with E-state index in [1.807, 2.05) is 30.3 Å². The number of benzene rings is 2. The third-order valence-corrected chi connectivity index (χ3v) is 3.17. The fraction of sp³-hybridized carbons (Fsp3) is 0.167. The number of hydrogen-bond donors (Lipinski definition) is 1. The van der Waals surface area contributed by atoms with E-state index in [1.165, 1.54) is 7.11 Å². The van der Waals surface area contributed by atoms with Crippen molar-refractivity contribution in [1.29, 1.82) is 0 Å². The van der Waals surface area contributed by atoms with Gasteiger partial charge in [-0.15, -0.1) is 0 Å². The van der Waals surface area contributed by atoms with E-state index < -0.39 is 0 Å². The average Bonchev–Trinajstić information content (AvgIpc) is 2.53. The van der Waals surface area contributed by atoms with Gasteiger partial charge in [0.2, 0.25) is 0 Å². The molecule has 0 aliphatic carbocycles. The number of hydrogen-bond acceptors (Lipinski definition) is 3. The molecule has 1 N–H and O–H groups in total. The Labute approximate surface area is 124 Å². The van der Waals surface area contributed by atoms with Crippen molar-refractivity contribution in [3.05, 3.63) is 65.7 Å². The molecule has 2 aromatic rings. The minimum atomic E-state index is 0.0749. The number of carbonyl (C=O) groups is 1. The highest BCUT2D eigenvalue weighted by Crippen LogP contribution is 2.26. The van der Waals surface area contributed by atoms with Crippen LogP contribution < -0.4 is 4.74 Å². The fourth-order valence-corrected chi connectivity index (χ4v) is 1.98. The summed E-state index contributed by atoms with van der Waals surface area (Å²) in [4.78, 5) is 11.8. The Balaban J connectivity index is 1.93. The third kappa shape index (κ3) is 4.49. The molecule has 0 saturated carbocycles. The highest BCUT2D eigenvalue weighted by Gasteiger charge is 2.02. The van der Waals surface area contributed by atoms with E-state index in [-0.39, 0.29) is 11.5 Å². The summed E-state index contributed by atoms with van der Waals surface area (Å²) in [5.41, 5.74) is 1.98. The maximum absolute atomic E-state index is 11.8. The molecule has 0 atom stereocenters. The first-order valence-electron chi connectivity index (χ1n) is 6.81. The van der Waals surface area contributed by atoms with Crippen LogP contribution in [-0.4, -0.2) is 18.0 Å². The Morgan fingerprint density at radius 3 is 2.67 bits per heavy atom. The first kappa shape index (κ1) is 14.9. The molecule has 0 radical (unpaired) electrons. The Morgan fingerprint density at radius 2 is 1.95 bits per heavy atom. The molecule has 0 fully saturated rings. The molecule has 0 aliphatic rings. The van der Waals surface area contributed by atoms with Gasteiger partial charge in [-0.3, -0.25) is 4.79 Å². The predicted molar refractivity (Wildman–Crippen MR) is 83.5 cm³/mol. The van der Waals surface area contributed by atoms with Crippen LogP contribution in [0.25, 0.3) is 6.08 Å². The standard InChI is InChI=1S/C18H18O3/c1-21-18-13-15(9-12-17(18)20)8-11-16(19)10-7-14-5-3-2-4-6-14/h2-6,8-9,11-13,20H,7,10H2,1H3. The van der Waals surface area contributed by atoms with E-state index in [0.29, 0.717) is 12.2 Å². The van der Waals surface area contributed by atoms with E-state index in [1.54, 1.807) is 30.4 Å². The molecule has 0 heterocycles. The van der Waals surface area contributed by atoms with Gasteiger partial charge in [-0.1, -0.05) is 42.5 Å². The topological polar surface area (TPSA) is 46.5 Å². The number of methoxy groups -OCH3 is 1. The van der Waals surface area contributed by atoms with E-state index in [9.17, 15) is 9.90 Å². The zero-order valence-electron chi connectivity index (χ0n) is 12.0. The molecule has 3 heteroatoms. The molecule has 3 nitrogen and oxygen atoms in total. The lowest BCUT2D eigenvalue weighted by molar-refractivity contribution is -0.114. The molecule has 0 aliphatic heterocycles. The van der Waals surface area contributed by atoms with Crippen molar-refractivity contribution in [3.63, 3.8) is 0 Å². The summed E-state index contributed by atoms with van der Waals surface area (Å²) in [6, 6.07) is 14.9. The predicted octanol–water partition coefficient (Wildman–Crippen LogP) is 3.62. The van der Waals surface area contributed by atoms with E-state index in [2.05, 4.69) is 0 Å². The normalized spacial score (nSPS) is 10.7. The van der Waals surface area contributed by atoms with Gasteiger partial charge in [-0.2, -0.15) is 0 Å². The van der Waals surface area contributed by atoms with Crippen LogP contribution in [0.2, 0.25) is 0 Å². The van der Waals surface area contributed by atoms with Crippen molar-refractivity contribution < 1.29 is 14.6 Å². The molecule has 0 amide bonds. The Kier molecular flexibility index (Phi) is 5.16. The number of carbonyl (C=O) groups excluding carboxylic acids is 1. The molecule has 2 aromatic carbocycles. The maximum Gasteiger partial charge on any atom is 0.161 e. The highest BCUT2D eigenvalue weighted by molar-refractivity contribution is 5.93. The number of ether oxygens (including phenoxy) is 1. The second kappa shape index (κ2) is 7.29. The molecular weight excluding hydrogens is 264 g/mol. The van der Waals surface area contributed by atoms with Crippen LogP contribution in [0.15, 0.2) is 54.6 Å². The van der Waals surface area contributed by atoms with E-state index in [0.717, 1.165) is 17.5 Å². The van der Waals surface area contributed by atoms with Gasteiger partial charge in [0.05, 0.1) is 7.11 Å². The summed E-state index contributed by atoms with van der Waals surface area (Å²) in [6.07, 6.45) is 4.52.